The van der Waals surface area contributed by atoms with E-state index >= 15 is 0 Å². The van der Waals surface area contributed by atoms with Crippen molar-refractivity contribution in [1.82, 2.24) is 4.31 Å². The van der Waals surface area contributed by atoms with E-state index in [2.05, 4.69) is 0 Å². The normalized spacial score (nSPS) is 11.4. The zero-order valence-electron chi connectivity index (χ0n) is 11.6. The molecule has 20 heavy (non-hydrogen) atoms. The minimum atomic E-state index is -3.80. The molecule has 7 nitrogen and oxygen atoms in total. The first-order valence-electron chi connectivity index (χ1n) is 5.88. The van der Waals surface area contributed by atoms with E-state index < -0.39 is 16.0 Å². The fourth-order valence-electron chi connectivity index (χ4n) is 1.51. The smallest absolute Gasteiger partial charge is 0.321 e. The van der Waals surface area contributed by atoms with Gasteiger partial charge in [-0.05, 0) is 19.1 Å². The molecule has 0 unspecified atom stereocenters. The summed E-state index contributed by atoms with van der Waals surface area (Å²) in [4.78, 5) is 11.3. The number of nitrogens with zero attached hydrogens (tertiary/aromatic N) is 1. The van der Waals surface area contributed by atoms with Gasteiger partial charge in [-0.2, -0.15) is 4.31 Å². The van der Waals surface area contributed by atoms with Crippen LogP contribution in [-0.2, 0) is 19.6 Å². The lowest BCUT2D eigenvalue weighted by Crippen LogP contribution is -2.33. The lowest BCUT2D eigenvalue weighted by Gasteiger charge is -2.17. The summed E-state index contributed by atoms with van der Waals surface area (Å²) < 4.78 is 35.2. The third-order valence-corrected chi connectivity index (χ3v) is 4.37. The second-order valence-corrected chi connectivity index (χ2v) is 6.01. The molecular weight excluding hydrogens is 284 g/mol. The van der Waals surface area contributed by atoms with Gasteiger partial charge in [0.2, 0.25) is 10.0 Å². The van der Waals surface area contributed by atoms with Crippen LogP contribution in [0.2, 0.25) is 0 Å². The number of methoxy groups -OCH3 is 1. The number of benzene rings is 1. The Hall–Kier alpha value is -1.80. The van der Waals surface area contributed by atoms with Crippen LogP contribution in [0.25, 0.3) is 0 Å². The van der Waals surface area contributed by atoms with Crippen molar-refractivity contribution in [3.8, 4) is 5.75 Å². The highest BCUT2D eigenvalue weighted by Crippen LogP contribution is 2.26. The number of anilines is 1. The van der Waals surface area contributed by atoms with Gasteiger partial charge in [-0.1, -0.05) is 0 Å². The second kappa shape index (κ2) is 6.58. The molecule has 1 rings (SSSR count). The van der Waals surface area contributed by atoms with Gasteiger partial charge in [0, 0.05) is 13.1 Å². The SMILES string of the molecule is CCOC(=O)CN(C)S(=O)(=O)c1ccc(N)c(OC)c1. The minimum Gasteiger partial charge on any atom is -0.495 e. The molecule has 0 fully saturated rings. The lowest BCUT2D eigenvalue weighted by atomic mass is 10.3. The predicted molar refractivity (Wildman–Crippen MR) is 73.9 cm³/mol. The maximum absolute atomic E-state index is 12.3. The van der Waals surface area contributed by atoms with E-state index in [-0.39, 0.29) is 23.8 Å². The number of sulfonamides is 1. The number of hydrogen-bond donors (Lipinski definition) is 1. The highest BCUT2D eigenvalue weighted by atomic mass is 32.2. The summed E-state index contributed by atoms with van der Waals surface area (Å²) in [5.74, 6) is -0.350. The Morgan fingerprint density at radius 3 is 2.60 bits per heavy atom. The molecule has 0 aliphatic rings. The van der Waals surface area contributed by atoms with Crippen molar-refractivity contribution in [3.63, 3.8) is 0 Å². The molecule has 112 valence electrons. The molecule has 8 heteroatoms. The van der Waals surface area contributed by atoms with E-state index in [0.717, 1.165) is 4.31 Å². The number of rotatable bonds is 6. The second-order valence-electron chi connectivity index (χ2n) is 3.97. The Bertz CT molecular complexity index is 586. The van der Waals surface area contributed by atoms with Crippen LogP contribution >= 0.6 is 0 Å². The van der Waals surface area contributed by atoms with Gasteiger partial charge in [0.1, 0.15) is 12.3 Å². The Morgan fingerprint density at radius 1 is 1.40 bits per heavy atom. The summed E-state index contributed by atoms with van der Waals surface area (Å²) in [6, 6.07) is 4.10. The van der Waals surface area contributed by atoms with Crippen molar-refractivity contribution in [1.29, 1.82) is 0 Å². The molecule has 0 spiro atoms. The van der Waals surface area contributed by atoms with Crippen molar-refractivity contribution in [2.75, 3.05) is 33.0 Å². The van der Waals surface area contributed by atoms with Gasteiger partial charge in [0.15, 0.2) is 0 Å². The van der Waals surface area contributed by atoms with E-state index in [4.69, 9.17) is 15.2 Å². The maximum atomic E-state index is 12.3. The minimum absolute atomic E-state index is 0.00431. The molecule has 0 aliphatic carbocycles. The standard InChI is InChI=1S/C12H18N2O5S/c1-4-19-12(15)8-14(2)20(16,17)9-5-6-10(13)11(7-9)18-3/h5-7H,4,8,13H2,1-3H3. The van der Waals surface area contributed by atoms with E-state index in [1.54, 1.807) is 6.92 Å². The summed E-state index contributed by atoms with van der Waals surface area (Å²) >= 11 is 0. The van der Waals surface area contributed by atoms with E-state index in [0.29, 0.717) is 5.69 Å². The van der Waals surface area contributed by atoms with Gasteiger partial charge in [-0.25, -0.2) is 8.42 Å². The average Bonchev–Trinajstić information content (AvgIpc) is 2.39. The van der Waals surface area contributed by atoms with Crippen molar-refractivity contribution in [2.24, 2.45) is 0 Å². The number of ether oxygens (including phenoxy) is 2. The monoisotopic (exact) mass is 302 g/mol. The first kappa shape index (κ1) is 16.3. The van der Waals surface area contributed by atoms with Crippen LogP contribution in [-0.4, -0.2) is 46.0 Å². The summed E-state index contributed by atoms with van der Waals surface area (Å²) in [6.45, 7) is 1.49. The topological polar surface area (TPSA) is 98.9 Å². The van der Waals surface area contributed by atoms with Crippen LogP contribution in [0.15, 0.2) is 23.1 Å². The number of nitrogens with two attached hydrogens (primary N) is 1. The zero-order valence-corrected chi connectivity index (χ0v) is 12.4. The van der Waals surface area contributed by atoms with Crippen LogP contribution in [0.4, 0.5) is 5.69 Å². The lowest BCUT2D eigenvalue weighted by molar-refractivity contribution is -0.143. The first-order valence-corrected chi connectivity index (χ1v) is 7.32. The molecular formula is C12H18N2O5S. The van der Waals surface area contributed by atoms with Crippen molar-refractivity contribution < 1.29 is 22.7 Å². The van der Waals surface area contributed by atoms with E-state index in [1.165, 1.54) is 32.4 Å². The molecule has 0 saturated carbocycles. The summed E-state index contributed by atoms with van der Waals surface area (Å²) in [5, 5.41) is 0. The van der Waals surface area contributed by atoms with Crippen LogP contribution in [0.3, 0.4) is 0 Å². The van der Waals surface area contributed by atoms with Crippen LogP contribution in [0.5, 0.6) is 5.75 Å². The van der Waals surface area contributed by atoms with Gasteiger partial charge < -0.3 is 15.2 Å². The molecule has 1 aromatic carbocycles. The van der Waals surface area contributed by atoms with Gasteiger partial charge in [-0.15, -0.1) is 0 Å². The molecule has 0 bridgehead atoms. The highest BCUT2D eigenvalue weighted by molar-refractivity contribution is 7.89. The summed E-state index contributed by atoms with van der Waals surface area (Å²) in [7, 11) is -1.11. The number of esters is 1. The molecule has 2 N–H and O–H groups in total. The Morgan fingerprint density at radius 2 is 2.05 bits per heavy atom. The number of hydrogen-bond acceptors (Lipinski definition) is 6. The molecule has 0 aliphatic heterocycles. The Kier molecular flexibility index (Phi) is 5.34. The third-order valence-electron chi connectivity index (χ3n) is 2.57. The highest BCUT2D eigenvalue weighted by Gasteiger charge is 2.24. The molecule has 0 amide bonds. The van der Waals surface area contributed by atoms with Crippen molar-refractivity contribution >= 4 is 21.7 Å². The molecule has 0 saturated heterocycles. The van der Waals surface area contributed by atoms with Gasteiger partial charge in [0.25, 0.3) is 0 Å². The molecule has 0 radical (unpaired) electrons. The molecule has 0 heterocycles. The Balaban J connectivity index is 3.01. The van der Waals surface area contributed by atoms with E-state index in [1.807, 2.05) is 0 Å². The van der Waals surface area contributed by atoms with Crippen LogP contribution < -0.4 is 10.5 Å². The third kappa shape index (κ3) is 3.61. The van der Waals surface area contributed by atoms with Gasteiger partial charge in [0.05, 0.1) is 24.3 Å². The summed E-state index contributed by atoms with van der Waals surface area (Å²) in [5.41, 5.74) is 5.96. The number of carbonyl (C=O) groups excluding carboxylic acids is 1. The first-order chi connectivity index (χ1) is 9.32. The zero-order chi connectivity index (χ0) is 15.3. The van der Waals surface area contributed by atoms with Crippen LogP contribution in [0, 0.1) is 0 Å². The average molecular weight is 302 g/mol. The number of nitrogen functional groups attached to an aromatic ring is 1. The van der Waals surface area contributed by atoms with Crippen molar-refractivity contribution in [2.45, 2.75) is 11.8 Å². The summed E-state index contributed by atoms with van der Waals surface area (Å²) in [6.07, 6.45) is 0. The van der Waals surface area contributed by atoms with E-state index in [9.17, 15) is 13.2 Å². The number of likely N-dealkylation sites (N-methyl/N-ethyl adjacent to an activating group) is 1. The molecule has 0 atom stereocenters. The largest absolute Gasteiger partial charge is 0.495 e. The number of carbonyl (C=O) groups is 1. The maximum Gasteiger partial charge on any atom is 0.321 e. The quantitative estimate of drug-likeness (QED) is 0.605. The fourth-order valence-corrected chi connectivity index (χ4v) is 2.64. The van der Waals surface area contributed by atoms with Crippen molar-refractivity contribution in [3.05, 3.63) is 18.2 Å². The van der Waals surface area contributed by atoms with Gasteiger partial charge >= 0.3 is 5.97 Å². The van der Waals surface area contributed by atoms with Crippen LogP contribution in [0.1, 0.15) is 6.92 Å². The predicted octanol–water partition coefficient (Wildman–Crippen LogP) is 0.461. The van der Waals surface area contributed by atoms with Gasteiger partial charge in [-0.3, -0.25) is 4.79 Å². The Labute approximate surface area is 118 Å². The molecule has 1 aromatic rings. The molecule has 0 aromatic heterocycles. The fraction of sp³-hybridized carbons (Fsp3) is 0.417.